The summed E-state index contributed by atoms with van der Waals surface area (Å²) < 4.78 is 0.602. The van der Waals surface area contributed by atoms with Crippen molar-refractivity contribution in [1.82, 2.24) is 15.0 Å². The van der Waals surface area contributed by atoms with Gasteiger partial charge in [0.25, 0.3) is 0 Å². The second-order valence-electron chi connectivity index (χ2n) is 5.30. The summed E-state index contributed by atoms with van der Waals surface area (Å²) in [4.78, 5) is 23.8. The van der Waals surface area contributed by atoms with Crippen LogP contribution in [-0.4, -0.2) is 15.0 Å². The van der Waals surface area contributed by atoms with Gasteiger partial charge in [0.05, 0.1) is 0 Å². The number of aromatic amines is 1. The van der Waals surface area contributed by atoms with Crippen molar-refractivity contribution in [1.29, 1.82) is 0 Å². The SMILES string of the molecule is Cc1cccc2c1nc1nc(-c3ccccc3)[nH]c(=O)c1[n+]2[O-]. The van der Waals surface area contributed by atoms with Crippen LogP contribution in [0.3, 0.4) is 0 Å². The molecule has 0 bridgehead atoms. The molecule has 2 aromatic heterocycles. The maximum atomic E-state index is 12.5. The van der Waals surface area contributed by atoms with Crippen molar-refractivity contribution in [2.75, 3.05) is 0 Å². The average Bonchev–Trinajstić information content (AvgIpc) is 2.56. The zero-order valence-corrected chi connectivity index (χ0v) is 12.3. The molecule has 1 N–H and O–H groups in total. The van der Waals surface area contributed by atoms with Crippen molar-refractivity contribution in [3.05, 3.63) is 69.7 Å². The van der Waals surface area contributed by atoms with E-state index >= 15 is 0 Å². The first-order valence-corrected chi connectivity index (χ1v) is 7.13. The number of aromatic nitrogens is 4. The van der Waals surface area contributed by atoms with Crippen LogP contribution < -0.4 is 10.3 Å². The Morgan fingerprint density at radius 1 is 1.04 bits per heavy atom. The lowest BCUT2D eigenvalue weighted by molar-refractivity contribution is -0.548. The van der Waals surface area contributed by atoms with Gasteiger partial charge in [-0.1, -0.05) is 42.5 Å². The molecule has 6 heteroatoms. The van der Waals surface area contributed by atoms with Crippen molar-refractivity contribution in [2.45, 2.75) is 6.92 Å². The number of hydrogen-bond acceptors (Lipinski definition) is 4. The molecule has 112 valence electrons. The van der Waals surface area contributed by atoms with Gasteiger partial charge in [-0.3, -0.25) is 4.79 Å². The molecule has 6 nitrogen and oxygen atoms in total. The van der Waals surface area contributed by atoms with E-state index in [2.05, 4.69) is 15.0 Å². The summed E-state index contributed by atoms with van der Waals surface area (Å²) in [6.45, 7) is 1.87. The number of hydrogen-bond donors (Lipinski definition) is 1. The molecule has 23 heavy (non-hydrogen) atoms. The first-order chi connectivity index (χ1) is 11.1. The van der Waals surface area contributed by atoms with Crippen LogP contribution in [0.25, 0.3) is 33.6 Å². The van der Waals surface area contributed by atoms with Crippen LogP contribution in [-0.2, 0) is 0 Å². The summed E-state index contributed by atoms with van der Waals surface area (Å²) in [5, 5.41) is 12.5. The van der Waals surface area contributed by atoms with Crippen molar-refractivity contribution < 1.29 is 4.73 Å². The molecule has 0 saturated carbocycles. The topological polar surface area (TPSA) is 85.6 Å². The number of fused-ring (bicyclic) bond motifs is 2. The van der Waals surface area contributed by atoms with Crippen molar-refractivity contribution in [3.63, 3.8) is 0 Å². The molecule has 0 spiro atoms. The normalized spacial score (nSPS) is 11.2. The molecule has 4 aromatic rings. The molecular weight excluding hydrogens is 292 g/mol. The average molecular weight is 304 g/mol. The van der Waals surface area contributed by atoms with Crippen molar-refractivity contribution in [2.24, 2.45) is 0 Å². The van der Waals surface area contributed by atoms with Crippen LogP contribution in [0.15, 0.2) is 53.3 Å². The van der Waals surface area contributed by atoms with Crippen LogP contribution in [0.1, 0.15) is 5.56 Å². The molecule has 0 aliphatic heterocycles. The first kappa shape index (κ1) is 13.4. The summed E-state index contributed by atoms with van der Waals surface area (Å²) in [5.74, 6) is 0.392. The monoisotopic (exact) mass is 304 g/mol. The van der Waals surface area contributed by atoms with E-state index < -0.39 is 5.56 Å². The Labute approximate surface area is 130 Å². The zero-order chi connectivity index (χ0) is 16.0. The number of nitrogens with zero attached hydrogens (tertiary/aromatic N) is 3. The number of benzene rings is 2. The molecule has 0 aliphatic rings. The minimum Gasteiger partial charge on any atom is -0.618 e. The number of para-hydroxylation sites is 1. The minimum atomic E-state index is -0.500. The minimum absolute atomic E-state index is 0.0808. The van der Waals surface area contributed by atoms with Gasteiger partial charge in [-0.2, -0.15) is 4.73 Å². The summed E-state index contributed by atoms with van der Waals surface area (Å²) >= 11 is 0. The highest BCUT2D eigenvalue weighted by Gasteiger charge is 2.19. The number of rotatable bonds is 1. The zero-order valence-electron chi connectivity index (χ0n) is 12.3. The van der Waals surface area contributed by atoms with Crippen LogP contribution in [0.4, 0.5) is 0 Å². The third-order valence-electron chi connectivity index (χ3n) is 3.78. The van der Waals surface area contributed by atoms with Crippen molar-refractivity contribution in [3.8, 4) is 11.4 Å². The van der Waals surface area contributed by atoms with Gasteiger partial charge in [0.1, 0.15) is 11.3 Å². The first-order valence-electron chi connectivity index (χ1n) is 7.13. The summed E-state index contributed by atoms with van der Waals surface area (Å²) in [5.41, 5.74) is 2.09. The summed E-state index contributed by atoms with van der Waals surface area (Å²) in [6, 6.07) is 14.5. The van der Waals surface area contributed by atoms with Gasteiger partial charge in [0.15, 0.2) is 0 Å². The fourth-order valence-electron chi connectivity index (χ4n) is 2.63. The van der Waals surface area contributed by atoms with Crippen LogP contribution >= 0.6 is 0 Å². The molecule has 0 radical (unpaired) electrons. The third-order valence-corrected chi connectivity index (χ3v) is 3.78. The largest absolute Gasteiger partial charge is 0.618 e. The summed E-state index contributed by atoms with van der Waals surface area (Å²) in [6.07, 6.45) is 0. The highest BCUT2D eigenvalue weighted by atomic mass is 16.5. The molecule has 0 aliphatic carbocycles. The summed E-state index contributed by atoms with van der Waals surface area (Å²) in [7, 11) is 0. The van der Waals surface area contributed by atoms with E-state index in [0.29, 0.717) is 21.6 Å². The van der Waals surface area contributed by atoms with Gasteiger partial charge >= 0.3 is 11.1 Å². The highest BCUT2D eigenvalue weighted by molar-refractivity contribution is 5.82. The molecule has 4 rings (SSSR count). The molecule has 0 atom stereocenters. The maximum Gasteiger partial charge on any atom is 0.327 e. The van der Waals surface area contributed by atoms with E-state index in [4.69, 9.17) is 0 Å². The maximum absolute atomic E-state index is 12.5. The van der Waals surface area contributed by atoms with Crippen LogP contribution in [0, 0.1) is 12.1 Å². The Morgan fingerprint density at radius 2 is 1.83 bits per heavy atom. The molecule has 2 aromatic carbocycles. The van der Waals surface area contributed by atoms with E-state index in [9.17, 15) is 10.0 Å². The van der Waals surface area contributed by atoms with Gasteiger partial charge < -0.3 is 10.2 Å². The Bertz CT molecular complexity index is 1100. The third kappa shape index (κ3) is 2.03. The molecule has 0 fully saturated rings. The van der Waals surface area contributed by atoms with Gasteiger partial charge in [-0.25, -0.2) is 9.97 Å². The van der Waals surface area contributed by atoms with Gasteiger partial charge in [-0.15, -0.1) is 0 Å². The number of aryl methyl sites for hydroxylation is 1. The lowest BCUT2D eigenvalue weighted by atomic mass is 10.2. The van der Waals surface area contributed by atoms with E-state index in [1.807, 2.05) is 43.3 Å². The van der Waals surface area contributed by atoms with E-state index in [1.165, 1.54) is 0 Å². The lowest BCUT2D eigenvalue weighted by Gasteiger charge is -2.07. The molecule has 0 amide bonds. The van der Waals surface area contributed by atoms with Crippen molar-refractivity contribution >= 4 is 22.2 Å². The van der Waals surface area contributed by atoms with Gasteiger partial charge in [-0.05, 0) is 12.5 Å². The predicted octanol–water partition coefficient (Wildman–Crippen LogP) is 2.08. The number of H-pyrrole nitrogens is 1. The molecule has 2 heterocycles. The molecule has 0 unspecified atom stereocenters. The Morgan fingerprint density at radius 3 is 2.61 bits per heavy atom. The van der Waals surface area contributed by atoms with Gasteiger partial charge in [0, 0.05) is 11.6 Å². The second kappa shape index (κ2) is 4.88. The van der Waals surface area contributed by atoms with Gasteiger partial charge in [0.2, 0.25) is 11.2 Å². The standard InChI is InChI=1S/C17H12N4O2/c1-10-6-5-9-12-13(10)18-16-14(21(12)23)17(22)20-15(19-16)11-7-3-2-4-8-11/h2-9H,1H3,(H,18,19,20,22). The Kier molecular flexibility index (Phi) is 2.84. The van der Waals surface area contributed by atoms with Crippen LogP contribution in [0.2, 0.25) is 0 Å². The van der Waals surface area contributed by atoms with E-state index in [0.717, 1.165) is 11.1 Å². The van der Waals surface area contributed by atoms with Crippen LogP contribution in [0.5, 0.6) is 0 Å². The molecular formula is C17H12N4O2. The highest BCUT2D eigenvalue weighted by Crippen LogP contribution is 2.17. The fraction of sp³-hybridized carbons (Fsp3) is 0.0588. The molecule has 0 saturated heterocycles. The van der Waals surface area contributed by atoms with E-state index in [1.54, 1.807) is 12.1 Å². The fourth-order valence-corrected chi connectivity index (χ4v) is 2.63. The number of nitrogens with one attached hydrogen (secondary N) is 1. The quantitative estimate of drug-likeness (QED) is 0.331. The second-order valence-corrected chi connectivity index (χ2v) is 5.30. The Balaban J connectivity index is 2.13. The Hall–Kier alpha value is -3.28. The lowest BCUT2D eigenvalue weighted by Crippen LogP contribution is -2.35. The smallest absolute Gasteiger partial charge is 0.327 e. The van der Waals surface area contributed by atoms with E-state index in [-0.39, 0.29) is 11.2 Å². The predicted molar refractivity (Wildman–Crippen MR) is 86.8 cm³/mol.